The van der Waals surface area contributed by atoms with Crippen LogP contribution in [0.3, 0.4) is 0 Å². The van der Waals surface area contributed by atoms with Crippen molar-refractivity contribution >= 4 is 0 Å². The molecule has 5 fully saturated rings. The maximum atomic E-state index is 6.19. The standard InChI is InChI=1S/C19H34N2/c1-2-16-5-3-4-6-17(16)18(21-20)19-10-13-7-14(11-19)9-15(8-13)12-19/h13-18,21H,2-12,20H2,1H3. The average Bonchev–Trinajstić information content (AvgIpc) is 2.47. The summed E-state index contributed by atoms with van der Waals surface area (Å²) in [6.07, 6.45) is 16.2. The molecule has 0 aliphatic heterocycles. The Morgan fingerprint density at radius 2 is 1.57 bits per heavy atom. The van der Waals surface area contributed by atoms with Crippen LogP contribution in [0.5, 0.6) is 0 Å². The second-order valence-corrected chi connectivity index (χ2v) is 9.04. The topological polar surface area (TPSA) is 38.0 Å². The highest BCUT2D eigenvalue weighted by atomic mass is 15.2. The number of hydrogen-bond donors (Lipinski definition) is 2. The molecule has 3 N–H and O–H groups in total. The first-order chi connectivity index (χ1) is 10.2. The molecule has 0 heterocycles. The van der Waals surface area contributed by atoms with Gasteiger partial charge in [-0.05, 0) is 80.0 Å². The van der Waals surface area contributed by atoms with Crippen molar-refractivity contribution in [3.8, 4) is 0 Å². The van der Waals surface area contributed by atoms with E-state index in [1.807, 2.05) is 0 Å². The van der Waals surface area contributed by atoms with Crippen molar-refractivity contribution in [2.24, 2.45) is 40.8 Å². The number of hydrogen-bond acceptors (Lipinski definition) is 2. The van der Waals surface area contributed by atoms with E-state index >= 15 is 0 Å². The molecule has 0 radical (unpaired) electrons. The van der Waals surface area contributed by atoms with Crippen LogP contribution in [0.4, 0.5) is 0 Å². The van der Waals surface area contributed by atoms with Crippen LogP contribution in [0.25, 0.3) is 0 Å². The molecular formula is C19H34N2. The van der Waals surface area contributed by atoms with Crippen LogP contribution in [-0.2, 0) is 0 Å². The van der Waals surface area contributed by atoms with Gasteiger partial charge in [-0.2, -0.15) is 0 Å². The predicted octanol–water partition coefficient (Wildman–Crippen LogP) is 4.25. The molecule has 21 heavy (non-hydrogen) atoms. The second-order valence-electron chi connectivity index (χ2n) is 9.04. The molecular weight excluding hydrogens is 256 g/mol. The number of hydrazine groups is 1. The Bertz CT molecular complexity index is 342. The molecule has 4 bridgehead atoms. The molecule has 5 aliphatic carbocycles. The summed E-state index contributed by atoms with van der Waals surface area (Å²) in [7, 11) is 0. The SMILES string of the molecule is CCC1CCCCC1C(NN)C12CC3CC(CC(C3)C1)C2. The zero-order valence-electron chi connectivity index (χ0n) is 13.8. The van der Waals surface area contributed by atoms with Crippen molar-refractivity contribution in [1.82, 2.24) is 5.43 Å². The molecule has 0 aromatic heterocycles. The Balaban J connectivity index is 1.60. The molecule has 120 valence electrons. The van der Waals surface area contributed by atoms with Gasteiger partial charge in [-0.3, -0.25) is 11.3 Å². The normalized spacial score (nSPS) is 50.3. The molecule has 3 atom stereocenters. The largest absolute Gasteiger partial charge is 0.271 e. The van der Waals surface area contributed by atoms with E-state index in [-0.39, 0.29) is 0 Å². The van der Waals surface area contributed by atoms with Crippen molar-refractivity contribution in [3.63, 3.8) is 0 Å². The van der Waals surface area contributed by atoms with Crippen LogP contribution in [0.2, 0.25) is 0 Å². The van der Waals surface area contributed by atoms with Crippen LogP contribution < -0.4 is 11.3 Å². The lowest BCUT2D eigenvalue weighted by atomic mass is 9.46. The van der Waals surface area contributed by atoms with Gasteiger partial charge in [0.1, 0.15) is 0 Å². The summed E-state index contributed by atoms with van der Waals surface area (Å²) in [6, 6.07) is 0.608. The fraction of sp³-hybridized carbons (Fsp3) is 1.00. The van der Waals surface area contributed by atoms with Gasteiger partial charge in [-0.1, -0.05) is 32.6 Å². The highest BCUT2D eigenvalue weighted by Gasteiger charge is 2.56. The van der Waals surface area contributed by atoms with Crippen molar-refractivity contribution in [2.75, 3.05) is 0 Å². The highest BCUT2D eigenvalue weighted by Crippen LogP contribution is 2.62. The predicted molar refractivity (Wildman–Crippen MR) is 87.5 cm³/mol. The van der Waals surface area contributed by atoms with Crippen molar-refractivity contribution in [2.45, 2.75) is 83.6 Å². The first-order valence-corrected chi connectivity index (χ1v) is 9.70. The number of nitrogens with one attached hydrogen (secondary N) is 1. The Morgan fingerprint density at radius 1 is 1.00 bits per heavy atom. The molecule has 0 aromatic carbocycles. The zero-order valence-corrected chi connectivity index (χ0v) is 13.8. The maximum absolute atomic E-state index is 6.19. The minimum atomic E-state index is 0.568. The van der Waals surface area contributed by atoms with Gasteiger partial charge in [0, 0.05) is 6.04 Å². The lowest BCUT2D eigenvalue weighted by molar-refractivity contribution is -0.0939. The maximum Gasteiger partial charge on any atom is 0.0298 e. The molecule has 0 saturated heterocycles. The van der Waals surface area contributed by atoms with Gasteiger partial charge in [0.2, 0.25) is 0 Å². The molecule has 0 amide bonds. The fourth-order valence-corrected chi connectivity index (χ4v) is 7.50. The molecule has 5 aliphatic rings. The summed E-state index contributed by atoms with van der Waals surface area (Å²) in [5.74, 6) is 11.1. The minimum Gasteiger partial charge on any atom is -0.271 e. The summed E-state index contributed by atoms with van der Waals surface area (Å²) >= 11 is 0. The summed E-state index contributed by atoms with van der Waals surface area (Å²) < 4.78 is 0. The van der Waals surface area contributed by atoms with Gasteiger partial charge in [0.25, 0.3) is 0 Å². The van der Waals surface area contributed by atoms with E-state index in [1.165, 1.54) is 70.6 Å². The fourth-order valence-electron chi connectivity index (χ4n) is 7.50. The molecule has 5 saturated carbocycles. The number of nitrogens with two attached hydrogens (primary N) is 1. The van der Waals surface area contributed by atoms with E-state index in [2.05, 4.69) is 12.3 Å². The monoisotopic (exact) mass is 290 g/mol. The first-order valence-electron chi connectivity index (χ1n) is 9.70. The van der Waals surface area contributed by atoms with Gasteiger partial charge in [0.05, 0.1) is 0 Å². The molecule has 2 nitrogen and oxygen atoms in total. The molecule has 5 rings (SSSR count). The van der Waals surface area contributed by atoms with Gasteiger partial charge in [-0.15, -0.1) is 0 Å². The van der Waals surface area contributed by atoms with Gasteiger partial charge < -0.3 is 0 Å². The van der Waals surface area contributed by atoms with E-state index in [1.54, 1.807) is 0 Å². The van der Waals surface area contributed by atoms with Crippen molar-refractivity contribution in [3.05, 3.63) is 0 Å². The quantitative estimate of drug-likeness (QED) is 0.600. The van der Waals surface area contributed by atoms with Crippen LogP contribution in [-0.4, -0.2) is 6.04 Å². The first kappa shape index (κ1) is 14.5. The number of rotatable bonds is 4. The van der Waals surface area contributed by atoms with E-state index < -0.39 is 0 Å². The summed E-state index contributed by atoms with van der Waals surface area (Å²) in [5, 5.41) is 0. The van der Waals surface area contributed by atoms with Gasteiger partial charge in [-0.25, -0.2) is 0 Å². The van der Waals surface area contributed by atoms with E-state index in [0.717, 1.165) is 29.6 Å². The lowest BCUT2D eigenvalue weighted by Crippen LogP contribution is -2.61. The van der Waals surface area contributed by atoms with Crippen LogP contribution >= 0.6 is 0 Å². The summed E-state index contributed by atoms with van der Waals surface area (Å²) in [6.45, 7) is 2.40. The van der Waals surface area contributed by atoms with E-state index in [0.29, 0.717) is 11.5 Å². The molecule has 0 spiro atoms. The molecule has 0 aromatic rings. The smallest absolute Gasteiger partial charge is 0.0298 e. The minimum absolute atomic E-state index is 0.568. The Kier molecular flexibility index (Phi) is 3.82. The molecule has 3 unspecified atom stereocenters. The summed E-state index contributed by atoms with van der Waals surface area (Å²) in [4.78, 5) is 0. The van der Waals surface area contributed by atoms with Crippen LogP contribution in [0.15, 0.2) is 0 Å². The van der Waals surface area contributed by atoms with E-state index in [4.69, 9.17) is 5.84 Å². The van der Waals surface area contributed by atoms with Crippen LogP contribution in [0, 0.1) is 35.0 Å². The average molecular weight is 290 g/mol. The van der Waals surface area contributed by atoms with Gasteiger partial charge in [0.15, 0.2) is 0 Å². The van der Waals surface area contributed by atoms with Crippen LogP contribution in [0.1, 0.15) is 77.6 Å². The third-order valence-electron chi connectivity index (χ3n) is 7.85. The highest BCUT2D eigenvalue weighted by molar-refractivity contribution is 5.08. The summed E-state index contributed by atoms with van der Waals surface area (Å²) in [5.41, 5.74) is 3.96. The molecule has 2 heteroatoms. The van der Waals surface area contributed by atoms with Gasteiger partial charge >= 0.3 is 0 Å². The van der Waals surface area contributed by atoms with Crippen molar-refractivity contribution in [1.29, 1.82) is 0 Å². The third kappa shape index (κ3) is 2.37. The Labute approximate surface area is 130 Å². The Morgan fingerprint density at radius 3 is 2.10 bits per heavy atom. The Hall–Kier alpha value is -0.0800. The third-order valence-corrected chi connectivity index (χ3v) is 7.85. The van der Waals surface area contributed by atoms with Crippen molar-refractivity contribution < 1.29 is 0 Å². The second kappa shape index (κ2) is 5.53. The zero-order chi connectivity index (χ0) is 14.4. The van der Waals surface area contributed by atoms with E-state index in [9.17, 15) is 0 Å². The lowest BCUT2D eigenvalue weighted by Gasteiger charge is -2.61.